The molecule has 2 N–H and O–H groups in total. The molecule has 2 rings (SSSR count). The second-order valence-electron chi connectivity index (χ2n) is 5.35. The Morgan fingerprint density at radius 1 is 1.43 bits per heavy atom. The number of amides is 2. The summed E-state index contributed by atoms with van der Waals surface area (Å²) in [7, 11) is 1.47. The van der Waals surface area contributed by atoms with Crippen molar-refractivity contribution in [2.24, 2.45) is 11.7 Å². The Bertz CT molecular complexity index is 639. The number of methoxy groups -OCH3 is 1. The van der Waals surface area contributed by atoms with E-state index in [2.05, 4.69) is 0 Å². The average molecular weight is 317 g/mol. The molecule has 1 aliphatic rings. The zero-order valence-electron chi connectivity index (χ0n) is 12.9. The van der Waals surface area contributed by atoms with Gasteiger partial charge in [-0.25, -0.2) is 0 Å². The van der Waals surface area contributed by atoms with Gasteiger partial charge >= 0.3 is 0 Å². The van der Waals surface area contributed by atoms with Gasteiger partial charge in [0.1, 0.15) is 0 Å². The van der Waals surface area contributed by atoms with Crippen molar-refractivity contribution in [3.8, 4) is 17.6 Å². The number of ether oxygens (including phenoxy) is 2. The molecule has 7 heteroatoms. The van der Waals surface area contributed by atoms with Crippen LogP contribution in [0.1, 0.15) is 18.4 Å². The predicted molar refractivity (Wildman–Crippen MR) is 81.7 cm³/mol. The first-order valence-corrected chi connectivity index (χ1v) is 7.33. The van der Waals surface area contributed by atoms with Crippen molar-refractivity contribution in [2.75, 3.05) is 26.8 Å². The zero-order valence-corrected chi connectivity index (χ0v) is 12.9. The number of piperidine rings is 1. The minimum Gasteiger partial charge on any atom is -0.493 e. The van der Waals surface area contributed by atoms with Crippen LogP contribution in [0.4, 0.5) is 0 Å². The lowest BCUT2D eigenvalue weighted by Crippen LogP contribution is -2.45. The Labute approximate surface area is 134 Å². The Hall–Kier alpha value is -2.75. The molecular weight excluding hydrogens is 298 g/mol. The second kappa shape index (κ2) is 7.49. The van der Waals surface area contributed by atoms with E-state index >= 15 is 0 Å². The van der Waals surface area contributed by atoms with E-state index in [4.69, 9.17) is 20.5 Å². The highest BCUT2D eigenvalue weighted by molar-refractivity contribution is 5.81. The van der Waals surface area contributed by atoms with Gasteiger partial charge < -0.3 is 20.1 Å². The van der Waals surface area contributed by atoms with Crippen molar-refractivity contribution in [3.05, 3.63) is 23.8 Å². The predicted octanol–water partition coefficient (Wildman–Crippen LogP) is 0.670. The molecule has 1 unspecified atom stereocenters. The number of nitrogens with zero attached hydrogens (tertiary/aromatic N) is 2. The lowest BCUT2D eigenvalue weighted by atomic mass is 9.97. The highest BCUT2D eigenvalue weighted by Crippen LogP contribution is 2.28. The number of likely N-dealkylation sites (tertiary alicyclic amines) is 1. The number of primary amides is 1. The number of carbonyl (C=O) groups is 2. The molecule has 0 saturated carbocycles. The molecule has 0 aliphatic carbocycles. The van der Waals surface area contributed by atoms with Gasteiger partial charge in [-0.3, -0.25) is 9.59 Å². The maximum absolute atomic E-state index is 12.2. The Balaban J connectivity index is 1.96. The van der Waals surface area contributed by atoms with Crippen LogP contribution in [0.2, 0.25) is 0 Å². The topological polar surface area (TPSA) is 106 Å². The van der Waals surface area contributed by atoms with Crippen LogP contribution in [0.15, 0.2) is 18.2 Å². The molecule has 1 saturated heterocycles. The molecule has 0 bridgehead atoms. The van der Waals surface area contributed by atoms with E-state index in [0.717, 1.165) is 6.42 Å². The summed E-state index contributed by atoms with van der Waals surface area (Å²) in [6.07, 6.45) is 1.46. The van der Waals surface area contributed by atoms with E-state index < -0.39 is 0 Å². The van der Waals surface area contributed by atoms with Crippen LogP contribution in [0.5, 0.6) is 11.5 Å². The molecule has 2 amide bonds. The Morgan fingerprint density at radius 3 is 2.87 bits per heavy atom. The summed E-state index contributed by atoms with van der Waals surface area (Å²) >= 11 is 0. The third kappa shape index (κ3) is 4.13. The molecule has 7 nitrogen and oxygen atoms in total. The van der Waals surface area contributed by atoms with E-state index in [-0.39, 0.29) is 24.3 Å². The van der Waals surface area contributed by atoms with E-state index in [1.165, 1.54) is 7.11 Å². The first kappa shape index (κ1) is 16.6. The number of rotatable bonds is 5. The fourth-order valence-corrected chi connectivity index (χ4v) is 2.52. The van der Waals surface area contributed by atoms with Crippen molar-refractivity contribution >= 4 is 11.8 Å². The molecule has 1 atom stereocenters. The summed E-state index contributed by atoms with van der Waals surface area (Å²) in [6.45, 7) is 0.770. The van der Waals surface area contributed by atoms with Crippen LogP contribution in [0.25, 0.3) is 0 Å². The maximum atomic E-state index is 12.2. The zero-order chi connectivity index (χ0) is 16.8. The molecule has 1 aliphatic heterocycles. The number of carbonyl (C=O) groups excluding carboxylic acids is 2. The normalized spacial score (nSPS) is 17.2. The summed E-state index contributed by atoms with van der Waals surface area (Å²) in [5.74, 6) is -0.0921. The van der Waals surface area contributed by atoms with Crippen molar-refractivity contribution in [3.63, 3.8) is 0 Å². The number of nitrogens with two attached hydrogens (primary N) is 1. The molecule has 1 aromatic rings. The third-order valence-corrected chi connectivity index (χ3v) is 3.82. The first-order valence-electron chi connectivity index (χ1n) is 7.33. The van der Waals surface area contributed by atoms with Crippen molar-refractivity contribution in [2.45, 2.75) is 12.8 Å². The van der Waals surface area contributed by atoms with Gasteiger partial charge in [0.2, 0.25) is 5.91 Å². The van der Waals surface area contributed by atoms with E-state index in [9.17, 15) is 9.59 Å². The third-order valence-electron chi connectivity index (χ3n) is 3.82. The second-order valence-corrected chi connectivity index (χ2v) is 5.35. The Kier molecular flexibility index (Phi) is 5.41. The van der Waals surface area contributed by atoms with E-state index in [1.54, 1.807) is 23.1 Å². The monoisotopic (exact) mass is 317 g/mol. The number of nitriles is 1. The van der Waals surface area contributed by atoms with Gasteiger partial charge in [-0.15, -0.1) is 0 Å². The molecule has 0 aromatic heterocycles. The van der Waals surface area contributed by atoms with Gasteiger partial charge in [0.05, 0.1) is 24.7 Å². The van der Waals surface area contributed by atoms with Gasteiger partial charge in [-0.1, -0.05) is 0 Å². The van der Waals surface area contributed by atoms with Gasteiger partial charge in [-0.05, 0) is 25.0 Å². The summed E-state index contributed by atoms with van der Waals surface area (Å²) in [6, 6.07) is 6.73. The molecule has 0 spiro atoms. The fraction of sp³-hybridized carbons (Fsp3) is 0.438. The summed E-state index contributed by atoms with van der Waals surface area (Å²) in [5.41, 5.74) is 5.75. The average Bonchev–Trinajstić information content (AvgIpc) is 2.59. The molecule has 122 valence electrons. The van der Waals surface area contributed by atoms with Gasteiger partial charge in [0.15, 0.2) is 18.1 Å². The lowest BCUT2D eigenvalue weighted by molar-refractivity contribution is -0.136. The Morgan fingerprint density at radius 2 is 2.22 bits per heavy atom. The van der Waals surface area contributed by atoms with Gasteiger partial charge in [-0.2, -0.15) is 5.26 Å². The van der Waals surface area contributed by atoms with Crippen LogP contribution in [-0.4, -0.2) is 43.5 Å². The van der Waals surface area contributed by atoms with Crippen molar-refractivity contribution in [1.29, 1.82) is 5.26 Å². The van der Waals surface area contributed by atoms with Crippen molar-refractivity contribution < 1.29 is 19.1 Å². The minimum atomic E-state index is -0.378. The standard InChI is InChI=1S/C16H19N3O4/c1-22-14-7-11(8-17)4-5-13(14)23-10-15(20)19-6-2-3-12(9-19)16(18)21/h4-5,7,12H,2-3,6,9-10H2,1H3,(H2,18,21). The van der Waals surface area contributed by atoms with Crippen LogP contribution in [0, 0.1) is 17.2 Å². The SMILES string of the molecule is COc1cc(C#N)ccc1OCC(=O)N1CCCC(C(N)=O)C1. The van der Waals surface area contributed by atoms with Crippen LogP contribution in [-0.2, 0) is 9.59 Å². The summed E-state index contributed by atoms with van der Waals surface area (Å²) in [5, 5.41) is 8.86. The number of hydrogen-bond donors (Lipinski definition) is 1. The van der Waals surface area contributed by atoms with Crippen LogP contribution in [0.3, 0.4) is 0 Å². The van der Waals surface area contributed by atoms with Crippen molar-refractivity contribution in [1.82, 2.24) is 4.90 Å². The summed E-state index contributed by atoms with van der Waals surface area (Å²) < 4.78 is 10.6. The lowest BCUT2D eigenvalue weighted by Gasteiger charge is -2.31. The van der Waals surface area contributed by atoms with E-state index in [0.29, 0.717) is 36.6 Å². The highest BCUT2D eigenvalue weighted by Gasteiger charge is 2.27. The van der Waals surface area contributed by atoms with E-state index in [1.807, 2.05) is 6.07 Å². The van der Waals surface area contributed by atoms with Gasteiger partial charge in [0.25, 0.3) is 5.91 Å². The number of benzene rings is 1. The number of hydrogen-bond acceptors (Lipinski definition) is 5. The van der Waals surface area contributed by atoms with Crippen LogP contribution >= 0.6 is 0 Å². The summed E-state index contributed by atoms with van der Waals surface area (Å²) in [4.78, 5) is 25.1. The minimum absolute atomic E-state index is 0.159. The molecule has 0 radical (unpaired) electrons. The van der Waals surface area contributed by atoms with Gasteiger partial charge in [0, 0.05) is 19.2 Å². The quantitative estimate of drug-likeness (QED) is 0.859. The fourth-order valence-electron chi connectivity index (χ4n) is 2.52. The molecule has 1 fully saturated rings. The molecule has 1 heterocycles. The molecule has 1 aromatic carbocycles. The molecular formula is C16H19N3O4. The molecule has 23 heavy (non-hydrogen) atoms. The largest absolute Gasteiger partial charge is 0.493 e. The highest BCUT2D eigenvalue weighted by atomic mass is 16.5. The maximum Gasteiger partial charge on any atom is 0.260 e. The van der Waals surface area contributed by atoms with Crippen LogP contribution < -0.4 is 15.2 Å². The smallest absolute Gasteiger partial charge is 0.260 e. The first-order chi connectivity index (χ1) is 11.0.